The summed E-state index contributed by atoms with van der Waals surface area (Å²) in [7, 11) is 2.75. The number of aromatic nitrogens is 2. The molecule has 1 radical (unpaired) electrons. The Kier molecular flexibility index (Phi) is 3.43. The third kappa shape index (κ3) is 2.40. The van der Waals surface area contributed by atoms with Crippen molar-refractivity contribution in [1.29, 1.82) is 0 Å². The number of methoxy groups -OCH3 is 1. The number of fused-ring (bicyclic) bond motifs is 1. The summed E-state index contributed by atoms with van der Waals surface area (Å²) in [5.74, 6) is 0.811. The molecule has 0 bridgehead atoms. The number of benzene rings is 2. The van der Waals surface area contributed by atoms with Crippen LogP contribution >= 0.6 is 0 Å². The van der Waals surface area contributed by atoms with Gasteiger partial charge in [-0.25, -0.2) is 4.98 Å². The van der Waals surface area contributed by atoms with Crippen LogP contribution in [0.5, 0.6) is 5.75 Å². The molecule has 0 saturated heterocycles. The second kappa shape index (κ2) is 5.39. The van der Waals surface area contributed by atoms with Gasteiger partial charge in [-0.3, -0.25) is 0 Å². The molecule has 3 aromatic rings. The minimum absolute atomic E-state index is 0.745. The van der Waals surface area contributed by atoms with Crippen molar-refractivity contribution < 1.29 is 9.76 Å². The van der Waals surface area contributed by atoms with Gasteiger partial charge in [0.05, 0.1) is 24.5 Å². The van der Waals surface area contributed by atoms with Gasteiger partial charge in [0.25, 0.3) is 0 Å². The maximum atomic E-state index is 8.92. The number of imidazole rings is 1. The average molecular weight is 265 g/mol. The molecule has 1 aromatic heterocycles. The minimum Gasteiger partial charge on any atom is -0.497 e. The van der Waals surface area contributed by atoms with E-state index in [2.05, 4.69) is 9.55 Å². The van der Waals surface area contributed by atoms with Gasteiger partial charge in [0, 0.05) is 12.6 Å². The molecule has 3 rings (SSSR count). The maximum absolute atomic E-state index is 8.92. The summed E-state index contributed by atoms with van der Waals surface area (Å²) >= 11 is 0. The van der Waals surface area contributed by atoms with Crippen LogP contribution in [0.2, 0.25) is 0 Å². The molecular weight excluding hydrogens is 251 g/mol. The van der Waals surface area contributed by atoms with Crippen LogP contribution in [0.4, 0.5) is 0 Å². The lowest BCUT2D eigenvalue weighted by atomic mass is 9.88. The van der Waals surface area contributed by atoms with E-state index >= 15 is 0 Å². The summed E-state index contributed by atoms with van der Waals surface area (Å²) in [6, 6.07) is 13.6. The van der Waals surface area contributed by atoms with Gasteiger partial charge in [0.2, 0.25) is 0 Å². The van der Waals surface area contributed by atoms with Crippen molar-refractivity contribution in [2.45, 2.75) is 6.54 Å². The first kappa shape index (κ1) is 12.8. The van der Waals surface area contributed by atoms with E-state index in [1.54, 1.807) is 7.11 Å². The van der Waals surface area contributed by atoms with Crippen LogP contribution in [0.25, 0.3) is 11.0 Å². The van der Waals surface area contributed by atoms with Gasteiger partial charge in [-0.05, 0) is 17.7 Å². The van der Waals surface area contributed by atoms with Gasteiger partial charge in [-0.1, -0.05) is 29.7 Å². The molecular formula is C15H14BN2O2. The molecule has 5 heteroatoms. The second-order valence-corrected chi connectivity index (χ2v) is 4.60. The standard InChI is InChI=1S/C15H14BN2O2/c1-20-13-6-7-15-14(8-13)17-10-18(15)9-11-2-4-12(16-19)5-3-11/h2-8,10,19H,9H2,1H3. The molecule has 0 aliphatic heterocycles. The zero-order valence-corrected chi connectivity index (χ0v) is 11.2. The molecule has 99 valence electrons. The molecule has 20 heavy (non-hydrogen) atoms. The summed E-state index contributed by atoms with van der Waals surface area (Å²) in [5, 5.41) is 8.92. The third-order valence-corrected chi connectivity index (χ3v) is 3.31. The van der Waals surface area contributed by atoms with Crippen molar-refractivity contribution in [3.05, 3.63) is 54.4 Å². The molecule has 0 fully saturated rings. The Morgan fingerprint density at radius 1 is 1.20 bits per heavy atom. The van der Waals surface area contributed by atoms with Gasteiger partial charge in [0.15, 0.2) is 0 Å². The van der Waals surface area contributed by atoms with Crippen LogP contribution < -0.4 is 10.2 Å². The fourth-order valence-electron chi connectivity index (χ4n) is 2.20. The monoisotopic (exact) mass is 265 g/mol. The van der Waals surface area contributed by atoms with Crippen LogP contribution in [-0.2, 0) is 6.54 Å². The third-order valence-electron chi connectivity index (χ3n) is 3.31. The lowest BCUT2D eigenvalue weighted by molar-refractivity contribution is 0.415. The fraction of sp³-hybridized carbons (Fsp3) is 0.133. The van der Waals surface area contributed by atoms with E-state index in [0.717, 1.165) is 41.8 Å². The smallest absolute Gasteiger partial charge is 0.326 e. The highest BCUT2D eigenvalue weighted by atomic mass is 16.5. The summed E-state index contributed by atoms with van der Waals surface area (Å²) in [6.07, 6.45) is 1.83. The normalized spacial score (nSPS) is 10.7. The molecule has 0 spiro atoms. The van der Waals surface area contributed by atoms with E-state index < -0.39 is 0 Å². The number of nitrogens with zero attached hydrogens (tertiary/aromatic N) is 2. The summed E-state index contributed by atoms with van der Waals surface area (Å²) in [6.45, 7) is 0.745. The number of hydrogen-bond donors (Lipinski definition) is 1. The number of ether oxygens (including phenoxy) is 1. The Bertz CT molecular complexity index is 722. The van der Waals surface area contributed by atoms with E-state index in [1.165, 1.54) is 0 Å². The van der Waals surface area contributed by atoms with E-state index in [9.17, 15) is 0 Å². The van der Waals surface area contributed by atoms with Crippen LogP contribution in [0.15, 0.2) is 48.8 Å². The SMILES string of the molecule is COc1ccc2c(c1)ncn2Cc1ccc([B]O)cc1. The van der Waals surface area contributed by atoms with Crippen LogP contribution in [0.3, 0.4) is 0 Å². The van der Waals surface area contributed by atoms with Gasteiger partial charge in [-0.15, -0.1) is 0 Å². The molecule has 4 nitrogen and oxygen atoms in total. The largest absolute Gasteiger partial charge is 0.497 e. The van der Waals surface area contributed by atoms with Crippen molar-refractivity contribution >= 4 is 24.0 Å². The van der Waals surface area contributed by atoms with Crippen molar-refractivity contribution in [1.82, 2.24) is 9.55 Å². The van der Waals surface area contributed by atoms with Crippen LogP contribution in [-0.4, -0.2) is 29.2 Å². The molecule has 0 atom stereocenters. The summed E-state index contributed by atoms with van der Waals surface area (Å²) in [4.78, 5) is 4.39. The van der Waals surface area contributed by atoms with Crippen molar-refractivity contribution in [3.8, 4) is 5.75 Å². The first-order valence-corrected chi connectivity index (χ1v) is 6.35. The van der Waals surface area contributed by atoms with Gasteiger partial charge in [0.1, 0.15) is 5.75 Å². The van der Waals surface area contributed by atoms with Gasteiger partial charge in [-0.2, -0.15) is 0 Å². The molecule has 0 aliphatic rings. The Morgan fingerprint density at radius 2 is 2.00 bits per heavy atom. The lowest BCUT2D eigenvalue weighted by Gasteiger charge is -2.06. The quantitative estimate of drug-likeness (QED) is 0.724. The zero-order chi connectivity index (χ0) is 13.9. The number of hydrogen-bond acceptors (Lipinski definition) is 3. The predicted molar refractivity (Wildman–Crippen MR) is 79.4 cm³/mol. The lowest BCUT2D eigenvalue weighted by Crippen LogP contribution is -2.12. The predicted octanol–water partition coefficient (Wildman–Crippen LogP) is 1.33. The molecule has 0 saturated carbocycles. The Balaban J connectivity index is 1.90. The highest BCUT2D eigenvalue weighted by molar-refractivity contribution is 6.45. The van der Waals surface area contributed by atoms with Gasteiger partial charge < -0.3 is 14.3 Å². The average Bonchev–Trinajstić information content (AvgIpc) is 2.90. The van der Waals surface area contributed by atoms with Crippen molar-refractivity contribution in [2.75, 3.05) is 7.11 Å². The maximum Gasteiger partial charge on any atom is 0.326 e. The van der Waals surface area contributed by atoms with E-state index in [4.69, 9.17) is 9.76 Å². The van der Waals surface area contributed by atoms with Crippen molar-refractivity contribution in [2.24, 2.45) is 0 Å². The van der Waals surface area contributed by atoms with E-state index in [1.807, 2.05) is 48.8 Å². The highest BCUT2D eigenvalue weighted by Gasteiger charge is 2.05. The minimum atomic E-state index is 0.745. The van der Waals surface area contributed by atoms with E-state index in [-0.39, 0.29) is 0 Å². The summed E-state index contributed by atoms with van der Waals surface area (Å²) in [5.41, 5.74) is 3.95. The fourth-order valence-corrected chi connectivity index (χ4v) is 2.20. The first-order valence-electron chi connectivity index (χ1n) is 6.35. The molecule has 0 aliphatic carbocycles. The van der Waals surface area contributed by atoms with Crippen LogP contribution in [0.1, 0.15) is 5.56 Å². The zero-order valence-electron chi connectivity index (χ0n) is 11.2. The molecule has 2 aromatic carbocycles. The summed E-state index contributed by atoms with van der Waals surface area (Å²) < 4.78 is 7.29. The second-order valence-electron chi connectivity index (χ2n) is 4.60. The van der Waals surface area contributed by atoms with Gasteiger partial charge >= 0.3 is 7.48 Å². The van der Waals surface area contributed by atoms with E-state index in [0.29, 0.717) is 0 Å². The molecule has 0 unspecified atom stereocenters. The molecule has 0 amide bonds. The number of rotatable bonds is 4. The molecule has 1 heterocycles. The van der Waals surface area contributed by atoms with Crippen LogP contribution in [0, 0.1) is 0 Å². The Morgan fingerprint density at radius 3 is 2.70 bits per heavy atom. The van der Waals surface area contributed by atoms with Crippen molar-refractivity contribution in [3.63, 3.8) is 0 Å². The highest BCUT2D eigenvalue weighted by Crippen LogP contribution is 2.20. The Labute approximate surface area is 117 Å². The topological polar surface area (TPSA) is 47.3 Å². The Hall–Kier alpha value is -2.27. The molecule has 1 N–H and O–H groups in total. The first-order chi connectivity index (χ1) is 9.80.